The maximum atomic E-state index is 13.6. The van der Waals surface area contributed by atoms with E-state index < -0.39 is 0 Å². The molecule has 5 heteroatoms. The molecule has 2 unspecified atom stereocenters. The molecule has 5 nitrogen and oxygen atoms in total. The number of piperidine rings is 1. The highest BCUT2D eigenvalue weighted by atomic mass is 16.6. The zero-order chi connectivity index (χ0) is 24.9. The lowest BCUT2D eigenvalue weighted by Crippen LogP contribution is -2.48. The first-order valence-corrected chi connectivity index (χ1v) is 13.2. The molecule has 3 aromatic carbocycles. The number of Topliss-reactive ketones (excluding diaryl/α,β-unsaturated/α-hetero) is 1. The van der Waals surface area contributed by atoms with Crippen LogP contribution in [0.15, 0.2) is 85.1 Å². The molecule has 0 saturated carbocycles. The summed E-state index contributed by atoms with van der Waals surface area (Å²) in [6, 6.07) is 26.5. The van der Waals surface area contributed by atoms with Crippen molar-refractivity contribution >= 4 is 22.8 Å². The molecular weight excluding hydrogens is 460 g/mol. The van der Waals surface area contributed by atoms with E-state index in [4.69, 9.17) is 4.74 Å². The first-order valence-electron chi connectivity index (χ1n) is 13.2. The number of rotatable bonds is 4. The van der Waals surface area contributed by atoms with Crippen molar-refractivity contribution in [2.75, 3.05) is 6.61 Å². The van der Waals surface area contributed by atoms with Crippen molar-refractivity contribution in [3.05, 3.63) is 102 Å². The zero-order valence-electron chi connectivity index (χ0n) is 20.5. The van der Waals surface area contributed by atoms with Gasteiger partial charge in [0.1, 0.15) is 6.61 Å². The average Bonchev–Trinajstić information content (AvgIpc) is 3.41. The quantitative estimate of drug-likeness (QED) is 0.303. The van der Waals surface area contributed by atoms with E-state index >= 15 is 0 Å². The number of benzene rings is 3. The first kappa shape index (κ1) is 22.2. The smallest absolute Gasteiger partial charge is 0.410 e. The second kappa shape index (κ2) is 8.84. The van der Waals surface area contributed by atoms with E-state index in [0.29, 0.717) is 19.4 Å². The summed E-state index contributed by atoms with van der Waals surface area (Å²) in [6.45, 7) is 0.328. The van der Waals surface area contributed by atoms with E-state index in [1.54, 1.807) is 6.20 Å². The maximum absolute atomic E-state index is 13.6. The third-order valence-electron chi connectivity index (χ3n) is 8.57. The number of fused-ring (bicyclic) bond motifs is 6. The summed E-state index contributed by atoms with van der Waals surface area (Å²) in [6.07, 6.45) is 4.71. The van der Waals surface area contributed by atoms with Crippen molar-refractivity contribution in [2.24, 2.45) is 5.92 Å². The lowest BCUT2D eigenvalue weighted by Gasteiger charge is -2.38. The highest BCUT2D eigenvalue weighted by molar-refractivity contribution is 6.08. The van der Waals surface area contributed by atoms with Gasteiger partial charge in [-0.05, 0) is 60.1 Å². The van der Waals surface area contributed by atoms with Crippen LogP contribution in [0.5, 0.6) is 0 Å². The van der Waals surface area contributed by atoms with Gasteiger partial charge in [-0.3, -0.25) is 9.78 Å². The molecule has 0 radical (unpaired) electrons. The standard InChI is InChI=1S/C32H28N2O3/c35-31(28-15-16-33-30-12-6-5-11-27(28)30)20-17-21-13-14-22(18-20)34(21)32(36)37-19-29-25-9-3-1-7-23(25)24-8-2-4-10-26(24)29/h1-12,15-16,20-22,29H,13-14,17-19H2. The van der Waals surface area contributed by atoms with Gasteiger partial charge >= 0.3 is 6.09 Å². The van der Waals surface area contributed by atoms with Crippen LogP contribution in [0.1, 0.15) is 53.1 Å². The monoisotopic (exact) mass is 488 g/mol. The molecule has 2 bridgehead atoms. The van der Waals surface area contributed by atoms with Crippen LogP contribution in [-0.2, 0) is 4.74 Å². The average molecular weight is 489 g/mol. The Morgan fingerprint density at radius 1 is 0.811 bits per heavy atom. The highest BCUT2D eigenvalue weighted by Crippen LogP contribution is 2.45. The fourth-order valence-corrected chi connectivity index (χ4v) is 6.89. The molecule has 184 valence electrons. The number of carbonyl (C=O) groups is 2. The normalized spacial score (nSPS) is 22.1. The summed E-state index contributed by atoms with van der Waals surface area (Å²) in [4.78, 5) is 33.3. The third kappa shape index (κ3) is 3.64. The molecule has 3 aliphatic rings. The van der Waals surface area contributed by atoms with Crippen molar-refractivity contribution in [2.45, 2.75) is 43.7 Å². The zero-order valence-corrected chi connectivity index (χ0v) is 20.5. The molecule has 2 fully saturated rings. The predicted molar refractivity (Wildman–Crippen MR) is 143 cm³/mol. The molecule has 37 heavy (non-hydrogen) atoms. The number of ketones is 1. The Labute approximate surface area is 216 Å². The van der Waals surface area contributed by atoms with Crippen molar-refractivity contribution < 1.29 is 14.3 Å². The van der Waals surface area contributed by atoms with E-state index in [1.165, 1.54) is 22.3 Å². The minimum absolute atomic E-state index is 0.0492. The summed E-state index contributed by atoms with van der Waals surface area (Å²) >= 11 is 0. The van der Waals surface area contributed by atoms with E-state index in [1.807, 2.05) is 47.4 Å². The first-order chi connectivity index (χ1) is 18.2. The van der Waals surface area contributed by atoms with Crippen molar-refractivity contribution in [1.29, 1.82) is 0 Å². The number of ether oxygens (including phenoxy) is 1. The Bertz CT molecular complexity index is 1460. The number of hydrogen-bond donors (Lipinski definition) is 0. The number of hydrogen-bond acceptors (Lipinski definition) is 4. The molecule has 0 N–H and O–H groups in total. The van der Waals surface area contributed by atoms with E-state index in [2.05, 4.69) is 41.4 Å². The second-order valence-corrected chi connectivity index (χ2v) is 10.5. The lowest BCUT2D eigenvalue weighted by molar-refractivity contribution is 0.0506. The van der Waals surface area contributed by atoms with E-state index in [-0.39, 0.29) is 35.8 Å². The molecule has 1 aliphatic carbocycles. The predicted octanol–water partition coefficient (Wildman–Crippen LogP) is 6.61. The van der Waals surface area contributed by atoms with Crippen molar-refractivity contribution in [3.63, 3.8) is 0 Å². The number of amides is 1. The number of pyridine rings is 1. The number of para-hydroxylation sites is 1. The molecule has 1 amide bonds. The molecule has 2 aliphatic heterocycles. The van der Waals surface area contributed by atoms with E-state index in [0.717, 1.165) is 29.3 Å². The molecule has 2 saturated heterocycles. The van der Waals surface area contributed by atoms with Crippen LogP contribution in [0.3, 0.4) is 0 Å². The summed E-state index contributed by atoms with van der Waals surface area (Å²) in [5, 5.41) is 0.904. The lowest BCUT2D eigenvalue weighted by atomic mass is 9.84. The van der Waals surface area contributed by atoms with Gasteiger partial charge < -0.3 is 9.64 Å². The summed E-state index contributed by atoms with van der Waals surface area (Å²) in [5.74, 6) is 0.136. The van der Waals surface area contributed by atoms with Crippen LogP contribution in [-0.4, -0.2) is 40.5 Å². The van der Waals surface area contributed by atoms with Crippen LogP contribution in [0.4, 0.5) is 4.79 Å². The Hall–Kier alpha value is -3.99. The van der Waals surface area contributed by atoms with Gasteiger partial charge in [-0.2, -0.15) is 0 Å². The van der Waals surface area contributed by atoms with Gasteiger partial charge in [0.15, 0.2) is 5.78 Å². The molecule has 0 spiro atoms. The Balaban J connectivity index is 1.06. The largest absolute Gasteiger partial charge is 0.448 e. The van der Waals surface area contributed by atoms with Crippen LogP contribution in [0, 0.1) is 5.92 Å². The van der Waals surface area contributed by atoms with Crippen molar-refractivity contribution in [3.8, 4) is 11.1 Å². The van der Waals surface area contributed by atoms with Gasteiger partial charge in [0.2, 0.25) is 0 Å². The van der Waals surface area contributed by atoms with Gasteiger partial charge in [-0.1, -0.05) is 66.7 Å². The Morgan fingerprint density at radius 3 is 2.14 bits per heavy atom. The molecule has 1 aromatic heterocycles. The van der Waals surface area contributed by atoms with Crippen LogP contribution in [0.25, 0.3) is 22.0 Å². The third-order valence-corrected chi connectivity index (χ3v) is 8.57. The van der Waals surface area contributed by atoms with Gasteiger partial charge in [0.05, 0.1) is 5.52 Å². The van der Waals surface area contributed by atoms with E-state index in [9.17, 15) is 9.59 Å². The second-order valence-electron chi connectivity index (χ2n) is 10.5. The van der Waals surface area contributed by atoms with Crippen LogP contribution in [0.2, 0.25) is 0 Å². The SMILES string of the molecule is O=C(c1ccnc2ccccc12)C1CC2CCC(C1)N2C(=O)OCC1c2ccccc2-c2ccccc21. The minimum Gasteiger partial charge on any atom is -0.448 e. The molecule has 7 rings (SSSR count). The molecule has 2 atom stereocenters. The molecule has 3 heterocycles. The number of carbonyl (C=O) groups excluding carboxylic acids is 2. The molecular formula is C32H28N2O3. The van der Waals surface area contributed by atoms with Crippen molar-refractivity contribution in [1.82, 2.24) is 9.88 Å². The number of nitrogens with zero attached hydrogens (tertiary/aromatic N) is 2. The summed E-state index contributed by atoms with van der Waals surface area (Å²) < 4.78 is 5.99. The van der Waals surface area contributed by atoms with Crippen LogP contribution >= 0.6 is 0 Å². The fraction of sp³-hybridized carbons (Fsp3) is 0.281. The van der Waals surface area contributed by atoms with Crippen LogP contribution < -0.4 is 0 Å². The minimum atomic E-state index is -0.241. The van der Waals surface area contributed by atoms with Gasteiger partial charge in [0.25, 0.3) is 0 Å². The maximum Gasteiger partial charge on any atom is 0.410 e. The van der Waals surface area contributed by atoms with Gasteiger partial charge in [0, 0.05) is 41.1 Å². The van der Waals surface area contributed by atoms with Gasteiger partial charge in [-0.15, -0.1) is 0 Å². The highest BCUT2D eigenvalue weighted by Gasteiger charge is 2.46. The number of aromatic nitrogens is 1. The Morgan fingerprint density at radius 2 is 1.43 bits per heavy atom. The summed E-state index contributed by atoms with van der Waals surface area (Å²) in [7, 11) is 0. The van der Waals surface area contributed by atoms with Gasteiger partial charge in [-0.25, -0.2) is 4.79 Å². The molecule has 4 aromatic rings. The topological polar surface area (TPSA) is 59.5 Å². The summed E-state index contributed by atoms with van der Waals surface area (Å²) in [5.41, 5.74) is 6.46. The Kier molecular flexibility index (Phi) is 5.31. The fourth-order valence-electron chi connectivity index (χ4n) is 6.89.